The molecule has 0 aliphatic carbocycles. The number of nitrogens with zero attached hydrogens (tertiary/aromatic N) is 1. The first-order valence-corrected chi connectivity index (χ1v) is 19.2. The molecule has 11 rings (SSSR count). The first-order valence-electron chi connectivity index (χ1n) is 19.2. The van der Waals surface area contributed by atoms with E-state index in [-0.39, 0.29) is 0 Å². The summed E-state index contributed by atoms with van der Waals surface area (Å²) in [5.41, 5.74) is 12.3. The fourth-order valence-corrected chi connectivity index (χ4v) is 8.60. The number of furan rings is 1. The summed E-state index contributed by atoms with van der Waals surface area (Å²) in [7, 11) is 0. The summed E-state index contributed by atoms with van der Waals surface area (Å²) in [6.07, 6.45) is 0. The molecule has 0 bridgehead atoms. The van der Waals surface area contributed by atoms with Crippen LogP contribution in [0.5, 0.6) is 0 Å². The number of para-hydroxylation sites is 1. The van der Waals surface area contributed by atoms with Crippen LogP contribution >= 0.6 is 0 Å². The molecule has 0 saturated carbocycles. The van der Waals surface area contributed by atoms with E-state index in [1.54, 1.807) is 0 Å². The van der Waals surface area contributed by atoms with Gasteiger partial charge in [0.15, 0.2) is 0 Å². The van der Waals surface area contributed by atoms with Gasteiger partial charge in [0, 0.05) is 27.8 Å². The zero-order chi connectivity index (χ0) is 37.0. The van der Waals surface area contributed by atoms with Crippen LogP contribution in [0.25, 0.3) is 87.6 Å². The van der Waals surface area contributed by atoms with E-state index >= 15 is 0 Å². The first-order chi connectivity index (χ1) is 27.8. The molecule has 262 valence electrons. The maximum atomic E-state index is 6.23. The van der Waals surface area contributed by atoms with Crippen molar-refractivity contribution >= 4 is 71.3 Å². The molecular formula is C54H35NO. The lowest BCUT2D eigenvalue weighted by Gasteiger charge is -2.26. The average Bonchev–Trinajstić information content (AvgIpc) is 3.65. The molecule has 0 spiro atoms. The van der Waals surface area contributed by atoms with Crippen molar-refractivity contribution < 1.29 is 4.42 Å². The largest absolute Gasteiger partial charge is 0.456 e. The van der Waals surface area contributed by atoms with E-state index in [0.717, 1.165) is 39.0 Å². The van der Waals surface area contributed by atoms with Crippen LogP contribution in [0.15, 0.2) is 217 Å². The van der Waals surface area contributed by atoms with Crippen molar-refractivity contribution in [3.8, 4) is 33.4 Å². The molecule has 2 heteroatoms. The van der Waals surface area contributed by atoms with Crippen molar-refractivity contribution in [1.29, 1.82) is 0 Å². The predicted octanol–water partition coefficient (Wildman–Crippen LogP) is 15.5. The molecule has 0 aliphatic heterocycles. The third-order valence-corrected chi connectivity index (χ3v) is 11.2. The van der Waals surface area contributed by atoms with Gasteiger partial charge in [0.05, 0.1) is 0 Å². The highest BCUT2D eigenvalue weighted by Crippen LogP contribution is 2.46. The van der Waals surface area contributed by atoms with Gasteiger partial charge in [0.25, 0.3) is 0 Å². The van der Waals surface area contributed by atoms with E-state index in [1.165, 1.54) is 65.7 Å². The molecule has 0 saturated heterocycles. The number of fused-ring (bicyclic) bond motifs is 7. The monoisotopic (exact) mass is 713 g/mol. The molecule has 0 N–H and O–H groups in total. The Kier molecular flexibility index (Phi) is 7.53. The molecule has 0 unspecified atom stereocenters. The highest BCUT2D eigenvalue weighted by atomic mass is 16.3. The second-order valence-corrected chi connectivity index (χ2v) is 14.5. The fourth-order valence-electron chi connectivity index (χ4n) is 8.60. The minimum Gasteiger partial charge on any atom is -0.456 e. The zero-order valence-electron chi connectivity index (χ0n) is 30.6. The van der Waals surface area contributed by atoms with Crippen molar-refractivity contribution in [3.63, 3.8) is 0 Å². The fraction of sp³-hybridized carbons (Fsp3) is 0. The molecule has 0 aliphatic rings. The average molecular weight is 714 g/mol. The normalized spacial score (nSPS) is 11.6. The zero-order valence-corrected chi connectivity index (χ0v) is 30.6. The first kappa shape index (κ1) is 32.0. The van der Waals surface area contributed by atoms with Gasteiger partial charge < -0.3 is 9.32 Å². The number of hydrogen-bond acceptors (Lipinski definition) is 2. The van der Waals surface area contributed by atoms with E-state index < -0.39 is 0 Å². The van der Waals surface area contributed by atoms with Crippen molar-refractivity contribution in [1.82, 2.24) is 0 Å². The van der Waals surface area contributed by atoms with Crippen molar-refractivity contribution in [2.45, 2.75) is 0 Å². The van der Waals surface area contributed by atoms with Gasteiger partial charge in [-0.25, -0.2) is 0 Å². The summed E-state index contributed by atoms with van der Waals surface area (Å²) >= 11 is 0. The molecule has 0 atom stereocenters. The van der Waals surface area contributed by atoms with Gasteiger partial charge in [0.2, 0.25) is 0 Å². The van der Waals surface area contributed by atoms with Crippen LogP contribution in [0.1, 0.15) is 0 Å². The van der Waals surface area contributed by atoms with Crippen molar-refractivity contribution in [2.75, 3.05) is 4.90 Å². The highest BCUT2D eigenvalue weighted by molar-refractivity contribution is 6.22. The minimum absolute atomic E-state index is 0.887. The molecule has 0 fully saturated rings. The van der Waals surface area contributed by atoms with Crippen LogP contribution in [0.4, 0.5) is 17.1 Å². The molecule has 2 nitrogen and oxygen atoms in total. The lowest BCUT2D eigenvalue weighted by molar-refractivity contribution is 0.669. The van der Waals surface area contributed by atoms with Crippen LogP contribution < -0.4 is 4.90 Å². The van der Waals surface area contributed by atoms with Gasteiger partial charge >= 0.3 is 0 Å². The maximum Gasteiger partial charge on any atom is 0.135 e. The van der Waals surface area contributed by atoms with Crippen LogP contribution in [-0.4, -0.2) is 0 Å². The summed E-state index contributed by atoms with van der Waals surface area (Å²) in [6.45, 7) is 0. The van der Waals surface area contributed by atoms with E-state index in [2.05, 4.69) is 205 Å². The van der Waals surface area contributed by atoms with E-state index in [1.807, 2.05) is 12.1 Å². The van der Waals surface area contributed by atoms with Gasteiger partial charge in [-0.2, -0.15) is 0 Å². The number of benzene rings is 10. The van der Waals surface area contributed by atoms with Gasteiger partial charge in [-0.1, -0.05) is 158 Å². The van der Waals surface area contributed by atoms with E-state index in [9.17, 15) is 0 Å². The molecule has 1 heterocycles. The Morgan fingerprint density at radius 3 is 1.57 bits per heavy atom. The number of anilines is 3. The molecule has 11 aromatic rings. The number of rotatable bonds is 6. The van der Waals surface area contributed by atoms with Crippen LogP contribution in [-0.2, 0) is 0 Å². The van der Waals surface area contributed by atoms with Gasteiger partial charge in [-0.05, 0) is 120 Å². The Hall–Kier alpha value is -7.42. The molecule has 56 heavy (non-hydrogen) atoms. The summed E-state index contributed by atoms with van der Waals surface area (Å²) in [4.78, 5) is 2.35. The predicted molar refractivity (Wildman–Crippen MR) is 237 cm³/mol. The maximum absolute atomic E-state index is 6.23. The third-order valence-electron chi connectivity index (χ3n) is 11.2. The lowest BCUT2D eigenvalue weighted by atomic mass is 9.84. The summed E-state index contributed by atoms with van der Waals surface area (Å²) in [6, 6.07) is 76.6. The molecule has 1 aromatic heterocycles. The standard InChI is InChI=1S/C54H35NO/c1-3-14-38(15-4-1)53-48-21-10-9-19-45(48)46-31-26-41(34-50(46)54(53)39-16-5-2-6-17-39)37-23-27-42(28-24-37)55(43-29-25-36-13-7-8-18-40(36)33-43)44-30-32-52-49(35-44)47-20-11-12-22-51(47)56-52/h1-35H. The molecule has 10 aromatic carbocycles. The molecule has 0 amide bonds. The lowest BCUT2D eigenvalue weighted by Crippen LogP contribution is -2.09. The SMILES string of the molecule is c1ccc(-c2c(-c3ccccc3)c3cc(-c4ccc(N(c5ccc6ccccc6c5)c5ccc6oc7ccccc7c6c5)cc4)ccc3c3ccccc23)cc1. The topological polar surface area (TPSA) is 16.4 Å². The molecule has 0 radical (unpaired) electrons. The van der Waals surface area contributed by atoms with E-state index in [4.69, 9.17) is 4.42 Å². The second kappa shape index (κ2) is 13.2. The Morgan fingerprint density at radius 1 is 0.268 bits per heavy atom. The Balaban J connectivity index is 1.08. The Labute approximate surface area is 325 Å². The third kappa shape index (κ3) is 5.34. The summed E-state index contributed by atoms with van der Waals surface area (Å²) < 4.78 is 6.23. The summed E-state index contributed by atoms with van der Waals surface area (Å²) in [5.74, 6) is 0. The van der Waals surface area contributed by atoms with Gasteiger partial charge in [-0.15, -0.1) is 0 Å². The Bertz CT molecular complexity index is 3230. The summed E-state index contributed by atoms with van der Waals surface area (Å²) in [5, 5.41) is 9.67. The quantitative estimate of drug-likeness (QED) is 0.160. The second-order valence-electron chi connectivity index (χ2n) is 14.5. The van der Waals surface area contributed by atoms with Crippen molar-refractivity contribution in [2.24, 2.45) is 0 Å². The smallest absolute Gasteiger partial charge is 0.135 e. The van der Waals surface area contributed by atoms with Crippen LogP contribution in [0.2, 0.25) is 0 Å². The van der Waals surface area contributed by atoms with Gasteiger partial charge in [0.1, 0.15) is 11.2 Å². The van der Waals surface area contributed by atoms with Gasteiger partial charge in [-0.3, -0.25) is 0 Å². The van der Waals surface area contributed by atoms with Crippen molar-refractivity contribution in [3.05, 3.63) is 212 Å². The van der Waals surface area contributed by atoms with E-state index in [0.29, 0.717) is 0 Å². The van der Waals surface area contributed by atoms with Crippen LogP contribution in [0, 0.1) is 0 Å². The highest BCUT2D eigenvalue weighted by Gasteiger charge is 2.19. The molecular weight excluding hydrogens is 679 g/mol. The minimum atomic E-state index is 0.887. The van der Waals surface area contributed by atoms with Crippen LogP contribution in [0.3, 0.4) is 0 Å². The Morgan fingerprint density at radius 2 is 0.804 bits per heavy atom. The number of hydrogen-bond donors (Lipinski definition) is 0.